The van der Waals surface area contributed by atoms with E-state index in [-0.39, 0.29) is 24.0 Å². The van der Waals surface area contributed by atoms with Crippen LogP contribution in [-0.4, -0.2) is 51.2 Å². The van der Waals surface area contributed by atoms with Crippen LogP contribution >= 0.6 is 24.0 Å². The monoisotopic (exact) mass is 498 g/mol. The van der Waals surface area contributed by atoms with Crippen molar-refractivity contribution in [3.63, 3.8) is 0 Å². The zero-order valence-corrected chi connectivity index (χ0v) is 19.6. The van der Waals surface area contributed by atoms with Crippen molar-refractivity contribution in [2.24, 2.45) is 16.3 Å². The van der Waals surface area contributed by atoms with Gasteiger partial charge in [0.25, 0.3) is 0 Å². The van der Waals surface area contributed by atoms with Crippen molar-refractivity contribution in [1.29, 1.82) is 0 Å². The molecule has 1 aromatic carbocycles. The molecule has 0 spiro atoms. The van der Waals surface area contributed by atoms with Gasteiger partial charge < -0.3 is 15.4 Å². The lowest BCUT2D eigenvalue weighted by atomic mass is 10.0. The second kappa shape index (κ2) is 9.65. The van der Waals surface area contributed by atoms with Crippen molar-refractivity contribution in [3.05, 3.63) is 29.8 Å². The molecule has 2 aliphatic carbocycles. The first-order valence-electron chi connectivity index (χ1n) is 10.6. The van der Waals surface area contributed by atoms with Crippen molar-refractivity contribution >= 4 is 29.9 Å². The second-order valence-corrected chi connectivity index (χ2v) is 8.44. The van der Waals surface area contributed by atoms with E-state index in [1.54, 1.807) is 7.11 Å². The van der Waals surface area contributed by atoms with E-state index < -0.39 is 0 Å². The summed E-state index contributed by atoms with van der Waals surface area (Å²) in [6, 6.07) is 8.73. The number of aliphatic imine (C=N–C) groups is 1. The standard InChI is InChI=1S/C22H34N4O.HI/c1-23-21(25-16-22(11-12-22)17-9-10-17)24-15-19(26-13-5-6-14-26)18-7-3-4-8-20(18)27-2;/h3-4,7-8,17,19H,5-6,9-16H2,1-2H3,(H2,23,24,25);1H. The SMILES string of the molecule is CN=C(NCC(c1ccccc1OC)N1CCCC1)NCC1(C2CC2)CC1.I. The van der Waals surface area contributed by atoms with E-state index in [0.29, 0.717) is 11.5 Å². The predicted octanol–water partition coefficient (Wildman–Crippen LogP) is 3.81. The van der Waals surface area contributed by atoms with Gasteiger partial charge in [-0.25, -0.2) is 0 Å². The fourth-order valence-corrected chi connectivity index (χ4v) is 4.69. The summed E-state index contributed by atoms with van der Waals surface area (Å²) in [5.41, 5.74) is 1.84. The molecule has 3 fully saturated rings. The summed E-state index contributed by atoms with van der Waals surface area (Å²) >= 11 is 0. The lowest BCUT2D eigenvalue weighted by Crippen LogP contribution is -2.44. The Morgan fingerprint density at radius 1 is 1.21 bits per heavy atom. The van der Waals surface area contributed by atoms with Gasteiger partial charge in [0.2, 0.25) is 0 Å². The number of para-hydroxylation sites is 1. The molecule has 156 valence electrons. The summed E-state index contributed by atoms with van der Waals surface area (Å²) in [5, 5.41) is 7.21. The highest BCUT2D eigenvalue weighted by Gasteiger charge is 2.53. The third kappa shape index (κ3) is 4.93. The minimum absolute atomic E-state index is 0. The van der Waals surface area contributed by atoms with Crippen LogP contribution in [0.25, 0.3) is 0 Å². The third-order valence-corrected chi connectivity index (χ3v) is 6.71. The largest absolute Gasteiger partial charge is 0.496 e. The molecule has 0 amide bonds. The molecule has 1 saturated heterocycles. The molecule has 0 bridgehead atoms. The number of hydrogen-bond donors (Lipinski definition) is 2. The van der Waals surface area contributed by atoms with Gasteiger partial charge in [0.1, 0.15) is 5.75 Å². The molecule has 1 unspecified atom stereocenters. The maximum atomic E-state index is 5.65. The molecule has 6 heteroatoms. The first-order valence-corrected chi connectivity index (χ1v) is 10.6. The van der Waals surface area contributed by atoms with Crippen LogP contribution in [0.3, 0.4) is 0 Å². The Morgan fingerprint density at radius 3 is 2.54 bits per heavy atom. The zero-order valence-electron chi connectivity index (χ0n) is 17.2. The number of rotatable bonds is 8. The van der Waals surface area contributed by atoms with Gasteiger partial charge in [0.05, 0.1) is 13.2 Å². The average Bonchev–Trinajstić information content (AvgIpc) is 3.63. The molecule has 28 heavy (non-hydrogen) atoms. The Hall–Kier alpha value is -1.02. The molecule has 5 nitrogen and oxygen atoms in total. The molecule has 3 aliphatic rings. The van der Waals surface area contributed by atoms with Gasteiger partial charge in [-0.05, 0) is 69.0 Å². The van der Waals surface area contributed by atoms with Crippen LogP contribution in [0.5, 0.6) is 5.75 Å². The summed E-state index contributed by atoms with van der Waals surface area (Å²) in [6.45, 7) is 4.22. The normalized spacial score (nSPS) is 22.3. The van der Waals surface area contributed by atoms with E-state index in [9.17, 15) is 0 Å². The molecule has 0 aromatic heterocycles. The molecule has 2 saturated carbocycles. The maximum Gasteiger partial charge on any atom is 0.191 e. The molecular formula is C22H35IN4O. The average molecular weight is 498 g/mol. The number of halogens is 1. The van der Waals surface area contributed by atoms with Crippen molar-refractivity contribution in [3.8, 4) is 5.75 Å². The lowest BCUT2D eigenvalue weighted by molar-refractivity contribution is 0.239. The molecule has 1 atom stereocenters. The maximum absolute atomic E-state index is 5.65. The molecular weight excluding hydrogens is 463 g/mol. The molecule has 1 heterocycles. The van der Waals surface area contributed by atoms with Crippen LogP contribution in [0.15, 0.2) is 29.3 Å². The van der Waals surface area contributed by atoms with Crippen LogP contribution in [0.4, 0.5) is 0 Å². The Morgan fingerprint density at radius 2 is 1.93 bits per heavy atom. The fraction of sp³-hybridized carbons (Fsp3) is 0.682. The number of guanidine groups is 1. The van der Waals surface area contributed by atoms with Crippen molar-refractivity contribution in [1.82, 2.24) is 15.5 Å². The molecule has 4 rings (SSSR count). The summed E-state index contributed by atoms with van der Waals surface area (Å²) in [5.74, 6) is 2.87. The van der Waals surface area contributed by atoms with E-state index >= 15 is 0 Å². The van der Waals surface area contributed by atoms with Gasteiger partial charge in [-0.15, -0.1) is 24.0 Å². The van der Waals surface area contributed by atoms with Crippen molar-refractivity contribution < 1.29 is 4.74 Å². The van der Waals surface area contributed by atoms with E-state index in [4.69, 9.17) is 4.74 Å². The minimum Gasteiger partial charge on any atom is -0.496 e. The lowest BCUT2D eigenvalue weighted by Gasteiger charge is -2.30. The van der Waals surface area contributed by atoms with E-state index in [2.05, 4.69) is 38.7 Å². The van der Waals surface area contributed by atoms with Crippen LogP contribution < -0.4 is 15.4 Å². The summed E-state index contributed by atoms with van der Waals surface area (Å²) in [6.07, 6.45) is 8.20. The number of methoxy groups -OCH3 is 1. The Bertz CT molecular complexity index is 666. The van der Waals surface area contributed by atoms with E-state index in [1.165, 1.54) is 44.1 Å². The van der Waals surface area contributed by atoms with Gasteiger partial charge in [0, 0.05) is 25.7 Å². The topological polar surface area (TPSA) is 48.9 Å². The Labute approximate surface area is 186 Å². The second-order valence-electron chi connectivity index (χ2n) is 8.44. The van der Waals surface area contributed by atoms with Gasteiger partial charge in [-0.2, -0.15) is 0 Å². The first-order chi connectivity index (χ1) is 13.3. The molecule has 1 aromatic rings. The smallest absolute Gasteiger partial charge is 0.191 e. The van der Waals surface area contributed by atoms with Crippen LogP contribution in [0.1, 0.15) is 50.1 Å². The van der Waals surface area contributed by atoms with Gasteiger partial charge >= 0.3 is 0 Å². The zero-order chi connectivity index (χ0) is 18.7. The van der Waals surface area contributed by atoms with Crippen molar-refractivity contribution in [2.45, 2.75) is 44.6 Å². The van der Waals surface area contributed by atoms with Crippen LogP contribution in [-0.2, 0) is 0 Å². The third-order valence-electron chi connectivity index (χ3n) is 6.71. The number of likely N-dealkylation sites (tertiary alicyclic amines) is 1. The Kier molecular flexibility index (Phi) is 7.48. The quantitative estimate of drug-likeness (QED) is 0.325. The predicted molar refractivity (Wildman–Crippen MR) is 126 cm³/mol. The van der Waals surface area contributed by atoms with Gasteiger partial charge in [-0.1, -0.05) is 18.2 Å². The highest BCUT2D eigenvalue weighted by molar-refractivity contribution is 14.0. The summed E-state index contributed by atoms with van der Waals surface area (Å²) in [7, 11) is 3.64. The fourth-order valence-electron chi connectivity index (χ4n) is 4.69. The van der Waals surface area contributed by atoms with E-state index in [0.717, 1.165) is 43.8 Å². The molecule has 1 aliphatic heterocycles. The number of hydrogen-bond acceptors (Lipinski definition) is 3. The number of nitrogens with one attached hydrogen (secondary N) is 2. The minimum atomic E-state index is 0. The highest BCUT2D eigenvalue weighted by Crippen LogP contribution is 2.60. The highest BCUT2D eigenvalue weighted by atomic mass is 127. The van der Waals surface area contributed by atoms with Crippen LogP contribution in [0, 0.1) is 11.3 Å². The number of nitrogens with zero attached hydrogens (tertiary/aromatic N) is 2. The van der Waals surface area contributed by atoms with Gasteiger partial charge in [0.15, 0.2) is 5.96 Å². The van der Waals surface area contributed by atoms with Crippen molar-refractivity contribution in [2.75, 3.05) is 40.3 Å². The molecule has 0 radical (unpaired) electrons. The number of ether oxygens (including phenoxy) is 1. The number of benzene rings is 1. The van der Waals surface area contributed by atoms with Crippen LogP contribution in [0.2, 0.25) is 0 Å². The summed E-state index contributed by atoms with van der Waals surface area (Å²) < 4.78 is 5.65. The van der Waals surface area contributed by atoms with E-state index in [1.807, 2.05) is 13.1 Å². The first kappa shape index (κ1) is 21.7. The summed E-state index contributed by atoms with van der Waals surface area (Å²) in [4.78, 5) is 7.05. The Balaban J connectivity index is 0.00000225. The molecule has 2 N–H and O–H groups in total. The van der Waals surface area contributed by atoms with Gasteiger partial charge in [-0.3, -0.25) is 9.89 Å².